The van der Waals surface area contributed by atoms with Gasteiger partial charge < -0.3 is 23.6 Å². The topological polar surface area (TPSA) is 86.9 Å². The van der Waals surface area contributed by atoms with Gasteiger partial charge in [-0.25, -0.2) is 0 Å². The maximum Gasteiger partial charge on any atom is 0.261 e. The predicted octanol–water partition coefficient (Wildman–Crippen LogP) is 3.67. The Morgan fingerprint density at radius 2 is 1.90 bits per heavy atom. The first-order valence-electron chi connectivity index (χ1n) is 10.2. The second-order valence-electron chi connectivity index (χ2n) is 7.25. The van der Waals surface area contributed by atoms with E-state index in [0.29, 0.717) is 55.1 Å². The summed E-state index contributed by atoms with van der Waals surface area (Å²) in [7, 11) is 3.19. The van der Waals surface area contributed by atoms with Crippen molar-refractivity contribution in [3.05, 3.63) is 53.9 Å². The fourth-order valence-electron chi connectivity index (χ4n) is 3.73. The van der Waals surface area contributed by atoms with Gasteiger partial charge in [0, 0.05) is 25.4 Å². The first kappa shape index (κ1) is 20.7. The van der Waals surface area contributed by atoms with E-state index >= 15 is 0 Å². The van der Waals surface area contributed by atoms with E-state index in [1.165, 1.54) is 0 Å². The molecular weight excluding hydrogens is 398 g/mol. The van der Waals surface area contributed by atoms with Crippen LogP contribution in [0.4, 0.5) is 0 Å². The lowest BCUT2D eigenvalue weighted by molar-refractivity contribution is -0.128. The van der Waals surface area contributed by atoms with Crippen LogP contribution in [0.1, 0.15) is 30.7 Å². The number of carbonyl (C=O) groups excluding carboxylic acids is 1. The molecule has 1 unspecified atom stereocenters. The summed E-state index contributed by atoms with van der Waals surface area (Å²) < 4.78 is 21.8. The molecule has 0 radical (unpaired) electrons. The molecule has 1 aromatic heterocycles. The molecule has 8 heteroatoms. The van der Waals surface area contributed by atoms with Crippen LogP contribution < -0.4 is 14.2 Å². The average Bonchev–Trinajstić information content (AvgIpc) is 3.41. The Labute approximate surface area is 180 Å². The molecule has 3 aromatic rings. The number of hydrogen-bond acceptors (Lipinski definition) is 7. The van der Waals surface area contributed by atoms with E-state index in [1.54, 1.807) is 19.1 Å². The van der Waals surface area contributed by atoms with Crippen molar-refractivity contribution >= 4 is 5.91 Å². The minimum atomic E-state index is -0.121. The van der Waals surface area contributed by atoms with E-state index in [4.69, 9.17) is 18.7 Å². The quantitative estimate of drug-likeness (QED) is 0.546. The number of methoxy groups -OCH3 is 2. The minimum absolute atomic E-state index is 0.0563. The maximum absolute atomic E-state index is 12.6. The van der Waals surface area contributed by atoms with Gasteiger partial charge in [0.05, 0.1) is 26.4 Å². The highest BCUT2D eigenvalue weighted by atomic mass is 16.5. The molecule has 0 bridgehead atoms. The summed E-state index contributed by atoms with van der Waals surface area (Å²) in [6.45, 7) is 3.47. The number of benzene rings is 2. The lowest BCUT2D eigenvalue weighted by atomic mass is 10.1. The fourth-order valence-corrected chi connectivity index (χ4v) is 3.73. The van der Waals surface area contributed by atoms with Crippen molar-refractivity contribution in [3.8, 4) is 28.7 Å². The van der Waals surface area contributed by atoms with Gasteiger partial charge in [0.1, 0.15) is 5.75 Å². The molecule has 2 aromatic carbocycles. The molecule has 0 saturated carbocycles. The molecule has 8 nitrogen and oxygen atoms in total. The molecule has 1 aliphatic rings. The van der Waals surface area contributed by atoms with Crippen LogP contribution in [-0.4, -0.2) is 48.3 Å². The number of carbonyl (C=O) groups is 1. The zero-order valence-corrected chi connectivity index (χ0v) is 17.8. The lowest BCUT2D eigenvalue weighted by Gasteiger charge is -2.17. The first-order chi connectivity index (χ1) is 15.1. The summed E-state index contributed by atoms with van der Waals surface area (Å²) in [6, 6.07) is 13.2. The number of para-hydroxylation sites is 1. The Hall–Kier alpha value is -3.55. The third-order valence-electron chi connectivity index (χ3n) is 5.26. The van der Waals surface area contributed by atoms with Crippen molar-refractivity contribution in [2.75, 3.05) is 27.4 Å². The second kappa shape index (κ2) is 9.07. The van der Waals surface area contributed by atoms with Gasteiger partial charge in [-0.2, -0.15) is 4.98 Å². The summed E-state index contributed by atoms with van der Waals surface area (Å²) in [5, 5.41) is 4.14. The highest BCUT2D eigenvalue weighted by molar-refractivity contribution is 5.79. The fraction of sp³-hybridized carbons (Fsp3) is 0.348. The van der Waals surface area contributed by atoms with Crippen LogP contribution in [0.2, 0.25) is 0 Å². The third kappa shape index (κ3) is 4.33. The summed E-state index contributed by atoms with van der Waals surface area (Å²) >= 11 is 0. The number of ether oxygens (including phenoxy) is 3. The largest absolute Gasteiger partial charge is 0.493 e. The van der Waals surface area contributed by atoms with Gasteiger partial charge in [0.15, 0.2) is 17.3 Å². The van der Waals surface area contributed by atoms with Crippen LogP contribution in [0.25, 0.3) is 11.5 Å². The van der Waals surface area contributed by atoms with Crippen LogP contribution in [-0.2, 0) is 11.3 Å². The lowest BCUT2D eigenvalue weighted by Crippen LogP contribution is -2.24. The molecule has 0 N–H and O–H groups in total. The number of likely N-dealkylation sites (tertiary alicyclic amines) is 1. The normalized spacial score (nSPS) is 15.9. The Balaban J connectivity index is 1.48. The molecule has 0 spiro atoms. The number of nitrogens with zero attached hydrogens (tertiary/aromatic N) is 3. The van der Waals surface area contributed by atoms with Crippen molar-refractivity contribution in [1.29, 1.82) is 0 Å². The van der Waals surface area contributed by atoms with Crippen LogP contribution in [0.15, 0.2) is 47.0 Å². The van der Waals surface area contributed by atoms with E-state index in [-0.39, 0.29) is 11.8 Å². The molecule has 162 valence electrons. The third-order valence-corrected chi connectivity index (χ3v) is 5.26. The zero-order chi connectivity index (χ0) is 21.8. The predicted molar refractivity (Wildman–Crippen MR) is 113 cm³/mol. The Morgan fingerprint density at radius 1 is 1.10 bits per heavy atom. The average molecular weight is 423 g/mol. The number of hydrogen-bond donors (Lipinski definition) is 0. The number of aromatic nitrogens is 2. The van der Waals surface area contributed by atoms with Gasteiger partial charge in [-0.3, -0.25) is 4.79 Å². The monoisotopic (exact) mass is 423 g/mol. The van der Waals surface area contributed by atoms with Gasteiger partial charge in [-0.15, -0.1) is 0 Å². The second-order valence-corrected chi connectivity index (χ2v) is 7.25. The van der Waals surface area contributed by atoms with E-state index in [0.717, 1.165) is 11.1 Å². The van der Waals surface area contributed by atoms with Crippen LogP contribution in [0, 0.1) is 0 Å². The molecule has 1 saturated heterocycles. The van der Waals surface area contributed by atoms with Crippen molar-refractivity contribution < 1.29 is 23.5 Å². The Morgan fingerprint density at radius 3 is 2.68 bits per heavy atom. The highest BCUT2D eigenvalue weighted by Gasteiger charge is 2.34. The van der Waals surface area contributed by atoms with E-state index in [2.05, 4.69) is 10.1 Å². The van der Waals surface area contributed by atoms with E-state index in [1.807, 2.05) is 49.4 Å². The summed E-state index contributed by atoms with van der Waals surface area (Å²) in [6.07, 6.45) is 0.347. The SMILES string of the molecule is CCOc1ccccc1-c1nc(C2CC(=O)N(Cc3ccc(OC)c(OC)c3)C2)no1. The molecule has 1 amide bonds. The summed E-state index contributed by atoms with van der Waals surface area (Å²) in [4.78, 5) is 19.0. The number of rotatable bonds is 8. The molecule has 1 aliphatic heterocycles. The first-order valence-corrected chi connectivity index (χ1v) is 10.2. The van der Waals surface area contributed by atoms with Crippen molar-refractivity contribution in [1.82, 2.24) is 15.0 Å². The summed E-state index contributed by atoms with van der Waals surface area (Å²) in [5.41, 5.74) is 1.71. The summed E-state index contributed by atoms with van der Waals surface area (Å²) in [5.74, 6) is 2.85. The molecule has 1 fully saturated rings. The van der Waals surface area contributed by atoms with Crippen molar-refractivity contribution in [2.24, 2.45) is 0 Å². The zero-order valence-electron chi connectivity index (χ0n) is 17.8. The van der Waals surface area contributed by atoms with Gasteiger partial charge in [0.25, 0.3) is 5.89 Å². The van der Waals surface area contributed by atoms with Crippen LogP contribution in [0.5, 0.6) is 17.2 Å². The molecule has 1 atom stereocenters. The van der Waals surface area contributed by atoms with Crippen molar-refractivity contribution in [2.45, 2.75) is 25.8 Å². The van der Waals surface area contributed by atoms with Crippen LogP contribution in [0.3, 0.4) is 0 Å². The Kier molecular flexibility index (Phi) is 6.06. The van der Waals surface area contributed by atoms with Gasteiger partial charge >= 0.3 is 0 Å². The molecule has 31 heavy (non-hydrogen) atoms. The Bertz CT molecular complexity index is 1060. The van der Waals surface area contributed by atoms with Gasteiger partial charge in [-0.05, 0) is 36.8 Å². The molecule has 4 rings (SSSR count). The maximum atomic E-state index is 12.6. The van der Waals surface area contributed by atoms with Gasteiger partial charge in [-0.1, -0.05) is 23.4 Å². The van der Waals surface area contributed by atoms with E-state index < -0.39 is 0 Å². The van der Waals surface area contributed by atoms with Crippen molar-refractivity contribution in [3.63, 3.8) is 0 Å². The van der Waals surface area contributed by atoms with Gasteiger partial charge in [0.2, 0.25) is 5.91 Å². The molecule has 0 aliphatic carbocycles. The standard InChI is InChI=1S/C23H25N3O5/c1-4-30-18-8-6-5-7-17(18)23-24-22(25-31-23)16-12-21(27)26(14-16)13-15-9-10-19(28-2)20(11-15)29-3/h5-11,16H,4,12-14H2,1-3H3. The number of amides is 1. The molecular formula is C23H25N3O5. The van der Waals surface area contributed by atoms with E-state index in [9.17, 15) is 4.79 Å². The van der Waals surface area contributed by atoms with Crippen LogP contribution >= 0.6 is 0 Å². The minimum Gasteiger partial charge on any atom is -0.493 e. The smallest absolute Gasteiger partial charge is 0.261 e. The molecule has 2 heterocycles. The highest BCUT2D eigenvalue weighted by Crippen LogP contribution is 2.33.